The molecule has 1 rings (SSSR count). The topological polar surface area (TPSA) is 21.6 Å². The lowest BCUT2D eigenvalue weighted by Crippen LogP contribution is -1.95. The van der Waals surface area contributed by atoms with Crippen molar-refractivity contribution in [1.82, 2.24) is 0 Å². The van der Waals surface area contributed by atoms with Crippen LogP contribution < -0.4 is 0 Å². The third-order valence-electron chi connectivity index (χ3n) is 0.972. The van der Waals surface area contributed by atoms with Gasteiger partial charge in [-0.15, -0.1) is 0 Å². The van der Waals surface area contributed by atoms with E-state index in [9.17, 15) is 0 Å². The monoisotopic (exact) mass is 133 g/mol. The van der Waals surface area contributed by atoms with Gasteiger partial charge >= 0.3 is 0 Å². The predicted molar refractivity (Wildman–Crippen MR) is 33.6 cm³/mol. The van der Waals surface area contributed by atoms with Crippen LogP contribution in [0.15, 0.2) is 4.99 Å². The molecule has 0 spiro atoms. The van der Waals surface area contributed by atoms with E-state index in [0.29, 0.717) is 5.17 Å². The van der Waals surface area contributed by atoms with Crippen LogP contribution in [0, 0.1) is 0 Å². The Morgan fingerprint density at radius 2 is 2.38 bits per heavy atom. The molecule has 0 bridgehead atoms. The lowest BCUT2D eigenvalue weighted by molar-refractivity contribution is 0.154. The number of hydrogen-bond acceptors (Lipinski definition) is 2. The van der Waals surface area contributed by atoms with E-state index in [1.807, 2.05) is 0 Å². The Morgan fingerprint density at radius 1 is 1.50 bits per heavy atom. The van der Waals surface area contributed by atoms with Crippen LogP contribution in [0.4, 0.5) is 0 Å². The Morgan fingerprint density at radius 3 is 3.25 bits per heavy atom. The van der Waals surface area contributed by atoms with Crippen LogP contribution in [0.25, 0.3) is 0 Å². The van der Waals surface area contributed by atoms with Gasteiger partial charge in [-0.25, -0.2) is 0 Å². The van der Waals surface area contributed by atoms with Gasteiger partial charge in [-0.3, -0.25) is 4.99 Å². The maximum Gasteiger partial charge on any atom is 0.103 e. The first kappa shape index (κ1) is 6.05. The summed E-state index contributed by atoms with van der Waals surface area (Å²) in [5.74, 6) is 0. The van der Waals surface area contributed by atoms with Crippen molar-refractivity contribution in [2.45, 2.75) is 6.42 Å². The highest BCUT2D eigenvalue weighted by Gasteiger charge is 1.98. The summed E-state index contributed by atoms with van der Waals surface area (Å²) in [5, 5.41) is 0.697. The van der Waals surface area contributed by atoms with Crippen LogP contribution in [-0.2, 0) is 4.74 Å². The third-order valence-corrected chi connectivity index (χ3v) is 1.28. The first-order valence-electron chi connectivity index (χ1n) is 2.66. The van der Waals surface area contributed by atoms with Crippen LogP contribution in [-0.4, -0.2) is 24.9 Å². The summed E-state index contributed by atoms with van der Waals surface area (Å²) in [6.07, 6.45) is 0.779. The summed E-state index contributed by atoms with van der Waals surface area (Å²) >= 11 is 5.59. The van der Waals surface area contributed by atoms with Crippen molar-refractivity contribution in [3.8, 4) is 0 Å². The molecule has 1 heterocycles. The fraction of sp³-hybridized carbons (Fsp3) is 0.800. The van der Waals surface area contributed by atoms with Crippen molar-refractivity contribution >= 4 is 16.8 Å². The normalized spacial score (nSPS) is 21.9. The predicted octanol–water partition coefficient (Wildman–Crippen LogP) is 1.04. The number of ether oxygens (including phenoxy) is 1. The van der Waals surface area contributed by atoms with E-state index in [2.05, 4.69) is 4.99 Å². The zero-order valence-electron chi connectivity index (χ0n) is 4.56. The molecular formula is C5H8ClNO. The molecule has 8 heavy (non-hydrogen) atoms. The summed E-state index contributed by atoms with van der Waals surface area (Å²) in [4.78, 5) is 3.98. The Bertz CT molecular complexity index is 103. The summed E-state index contributed by atoms with van der Waals surface area (Å²) in [6, 6.07) is 0. The van der Waals surface area contributed by atoms with Crippen molar-refractivity contribution in [3.05, 3.63) is 0 Å². The molecule has 2 nitrogen and oxygen atoms in total. The average Bonchev–Trinajstić information content (AvgIpc) is 1.94. The number of aliphatic imine (C=N–C) groups is 1. The lowest BCUT2D eigenvalue weighted by atomic mass is 10.5. The summed E-state index contributed by atoms with van der Waals surface area (Å²) in [7, 11) is 0. The SMILES string of the molecule is ClC1=NCCOCC1. The van der Waals surface area contributed by atoms with Gasteiger partial charge in [0.15, 0.2) is 0 Å². The molecule has 0 unspecified atom stereocenters. The molecule has 0 aromatic rings. The van der Waals surface area contributed by atoms with E-state index in [1.54, 1.807) is 0 Å². The molecule has 0 fully saturated rings. The van der Waals surface area contributed by atoms with Crippen molar-refractivity contribution in [2.24, 2.45) is 4.99 Å². The second kappa shape index (κ2) is 3.05. The maximum atomic E-state index is 5.59. The lowest BCUT2D eigenvalue weighted by Gasteiger charge is -1.91. The standard InChI is InChI=1S/C5H8ClNO/c6-5-1-3-8-4-2-7-5/h1-4H2. The average molecular weight is 134 g/mol. The van der Waals surface area contributed by atoms with Crippen LogP contribution >= 0.6 is 11.6 Å². The van der Waals surface area contributed by atoms with Crippen molar-refractivity contribution in [2.75, 3.05) is 19.8 Å². The van der Waals surface area contributed by atoms with E-state index in [-0.39, 0.29) is 0 Å². The highest BCUT2D eigenvalue weighted by molar-refractivity contribution is 6.65. The number of rotatable bonds is 0. The molecule has 0 atom stereocenters. The fourth-order valence-corrected chi connectivity index (χ4v) is 0.731. The van der Waals surface area contributed by atoms with Gasteiger partial charge in [0.25, 0.3) is 0 Å². The van der Waals surface area contributed by atoms with Gasteiger partial charge in [0, 0.05) is 6.42 Å². The summed E-state index contributed by atoms with van der Waals surface area (Å²) < 4.78 is 5.07. The first-order chi connectivity index (χ1) is 3.89. The van der Waals surface area contributed by atoms with Crippen LogP contribution in [0.5, 0.6) is 0 Å². The zero-order chi connectivity index (χ0) is 5.82. The Labute approximate surface area is 53.5 Å². The minimum Gasteiger partial charge on any atom is -0.379 e. The van der Waals surface area contributed by atoms with E-state index < -0.39 is 0 Å². The van der Waals surface area contributed by atoms with Gasteiger partial charge in [0.05, 0.1) is 19.8 Å². The molecule has 0 amide bonds. The number of nitrogens with zero attached hydrogens (tertiary/aromatic N) is 1. The van der Waals surface area contributed by atoms with Crippen molar-refractivity contribution in [3.63, 3.8) is 0 Å². The molecule has 46 valence electrons. The fourth-order valence-electron chi connectivity index (χ4n) is 0.569. The Kier molecular flexibility index (Phi) is 2.30. The Hall–Kier alpha value is -0.0800. The van der Waals surface area contributed by atoms with Crippen molar-refractivity contribution in [1.29, 1.82) is 0 Å². The highest BCUT2D eigenvalue weighted by atomic mass is 35.5. The molecule has 0 aromatic heterocycles. The molecule has 0 radical (unpaired) electrons. The number of hydrogen-bond donors (Lipinski definition) is 0. The second-order valence-electron chi connectivity index (χ2n) is 1.62. The summed E-state index contributed by atoms with van der Waals surface area (Å²) in [6.45, 7) is 2.16. The maximum absolute atomic E-state index is 5.59. The molecule has 0 aliphatic carbocycles. The van der Waals surface area contributed by atoms with E-state index >= 15 is 0 Å². The molecule has 0 saturated carbocycles. The smallest absolute Gasteiger partial charge is 0.103 e. The molecule has 0 N–H and O–H groups in total. The molecular weight excluding hydrogens is 126 g/mol. The minimum absolute atomic E-state index is 0.697. The van der Waals surface area contributed by atoms with E-state index in [1.165, 1.54) is 0 Å². The molecule has 0 aromatic carbocycles. The molecule has 3 heteroatoms. The van der Waals surface area contributed by atoms with Gasteiger partial charge in [-0.1, -0.05) is 11.6 Å². The van der Waals surface area contributed by atoms with E-state index in [4.69, 9.17) is 16.3 Å². The van der Waals surface area contributed by atoms with Crippen molar-refractivity contribution < 1.29 is 4.74 Å². The van der Waals surface area contributed by atoms with Crippen LogP contribution in [0.2, 0.25) is 0 Å². The Balaban J connectivity index is 2.36. The highest BCUT2D eigenvalue weighted by Crippen LogP contribution is 1.97. The van der Waals surface area contributed by atoms with Gasteiger partial charge < -0.3 is 4.74 Å². The van der Waals surface area contributed by atoms with Gasteiger partial charge in [-0.2, -0.15) is 0 Å². The quantitative estimate of drug-likeness (QED) is 0.484. The van der Waals surface area contributed by atoms with Crippen LogP contribution in [0.1, 0.15) is 6.42 Å². The zero-order valence-corrected chi connectivity index (χ0v) is 5.32. The first-order valence-corrected chi connectivity index (χ1v) is 3.04. The van der Waals surface area contributed by atoms with E-state index in [0.717, 1.165) is 26.2 Å². The third kappa shape index (κ3) is 1.80. The largest absolute Gasteiger partial charge is 0.379 e. The van der Waals surface area contributed by atoms with Crippen LogP contribution in [0.3, 0.4) is 0 Å². The minimum atomic E-state index is 0.697. The van der Waals surface area contributed by atoms with Gasteiger partial charge in [0.1, 0.15) is 5.17 Å². The number of halogens is 1. The summed E-state index contributed by atoms with van der Waals surface area (Å²) in [5.41, 5.74) is 0. The molecule has 0 saturated heterocycles. The molecule has 1 aliphatic heterocycles. The second-order valence-corrected chi connectivity index (χ2v) is 2.06. The van der Waals surface area contributed by atoms with Gasteiger partial charge in [0.2, 0.25) is 0 Å². The molecule has 1 aliphatic rings. The van der Waals surface area contributed by atoms with Gasteiger partial charge in [-0.05, 0) is 0 Å².